The highest BCUT2D eigenvalue weighted by Gasteiger charge is 2.02. The largest absolute Gasteiger partial charge is 0.383 e. The van der Waals surface area contributed by atoms with Crippen LogP contribution in [0.25, 0.3) is 0 Å². The smallest absolute Gasteiger partial charge is 0.321 e. The Bertz CT molecular complexity index is 317. The molecule has 1 aromatic heterocycles. The summed E-state index contributed by atoms with van der Waals surface area (Å²) in [7, 11) is 1.57. The van der Waals surface area contributed by atoms with Gasteiger partial charge in [-0.2, -0.15) is 0 Å². The molecule has 6 nitrogen and oxygen atoms in total. The molecule has 2 amide bonds. The molecule has 1 heterocycles. The van der Waals surface area contributed by atoms with Gasteiger partial charge >= 0.3 is 6.03 Å². The Balaban J connectivity index is 2.34. The van der Waals surface area contributed by atoms with Crippen LogP contribution in [0.15, 0.2) is 16.9 Å². The lowest BCUT2D eigenvalue weighted by molar-refractivity contribution is 0.198. The van der Waals surface area contributed by atoms with Crippen LogP contribution >= 0.6 is 15.9 Å². The van der Waals surface area contributed by atoms with Gasteiger partial charge in [0.1, 0.15) is 0 Å². The fraction of sp³-hybridized carbons (Fsp3) is 0.375. The van der Waals surface area contributed by atoms with E-state index in [1.165, 1.54) is 0 Å². The van der Waals surface area contributed by atoms with Crippen molar-refractivity contribution in [2.45, 2.75) is 0 Å². The summed E-state index contributed by atoms with van der Waals surface area (Å²) >= 11 is 3.19. The second kappa shape index (κ2) is 6.31. The minimum atomic E-state index is -0.352. The molecular weight excluding hydrogens is 264 g/mol. The van der Waals surface area contributed by atoms with Crippen molar-refractivity contribution in [3.05, 3.63) is 16.9 Å². The third-order valence-corrected chi connectivity index (χ3v) is 1.85. The second-order valence-corrected chi connectivity index (χ2v) is 3.51. The van der Waals surface area contributed by atoms with Crippen molar-refractivity contribution in [3.8, 4) is 0 Å². The van der Waals surface area contributed by atoms with E-state index in [1.807, 2.05) is 0 Å². The number of hydrogen-bond acceptors (Lipinski definition) is 4. The summed E-state index contributed by atoms with van der Waals surface area (Å²) in [6.45, 7) is 0.910. The number of ether oxygens (including phenoxy) is 1. The van der Waals surface area contributed by atoms with E-state index >= 15 is 0 Å². The van der Waals surface area contributed by atoms with E-state index in [0.29, 0.717) is 13.2 Å². The molecule has 0 saturated heterocycles. The molecule has 0 saturated carbocycles. The fourth-order valence-electron chi connectivity index (χ4n) is 0.789. The number of amides is 2. The van der Waals surface area contributed by atoms with Crippen LogP contribution < -0.4 is 10.6 Å². The van der Waals surface area contributed by atoms with E-state index in [4.69, 9.17) is 4.74 Å². The Hall–Kier alpha value is -1.21. The molecule has 0 aliphatic heterocycles. The molecule has 0 unspecified atom stereocenters. The number of methoxy groups -OCH3 is 1. The van der Waals surface area contributed by atoms with Gasteiger partial charge in [0.05, 0.1) is 11.1 Å². The van der Waals surface area contributed by atoms with Gasteiger partial charge in [0, 0.05) is 26.0 Å². The molecule has 0 aliphatic carbocycles. The Morgan fingerprint density at radius 3 is 2.80 bits per heavy atom. The highest BCUT2D eigenvalue weighted by Crippen LogP contribution is 2.06. The first-order valence-corrected chi connectivity index (χ1v) is 5.03. The maximum absolute atomic E-state index is 11.2. The molecule has 0 spiro atoms. The van der Waals surface area contributed by atoms with Crippen LogP contribution in [0.2, 0.25) is 0 Å². The maximum Gasteiger partial charge on any atom is 0.321 e. The number of nitrogens with one attached hydrogen (secondary N) is 2. The molecule has 0 bridgehead atoms. The van der Waals surface area contributed by atoms with E-state index in [0.717, 1.165) is 4.47 Å². The highest BCUT2D eigenvalue weighted by molar-refractivity contribution is 9.10. The van der Waals surface area contributed by atoms with Gasteiger partial charge in [0.15, 0.2) is 0 Å². The summed E-state index contributed by atoms with van der Waals surface area (Å²) in [4.78, 5) is 19.0. The maximum atomic E-state index is 11.2. The minimum Gasteiger partial charge on any atom is -0.383 e. The van der Waals surface area contributed by atoms with E-state index in [2.05, 4.69) is 36.5 Å². The molecule has 2 N–H and O–H groups in total. The third kappa shape index (κ3) is 4.71. The molecule has 0 radical (unpaired) electrons. The van der Waals surface area contributed by atoms with Crippen LogP contribution in [0.1, 0.15) is 0 Å². The van der Waals surface area contributed by atoms with Gasteiger partial charge in [-0.15, -0.1) is 0 Å². The van der Waals surface area contributed by atoms with Crippen molar-refractivity contribution in [2.24, 2.45) is 0 Å². The summed E-state index contributed by atoms with van der Waals surface area (Å²) in [6.07, 6.45) is 3.11. The summed E-state index contributed by atoms with van der Waals surface area (Å²) in [5.74, 6) is 0.258. The highest BCUT2D eigenvalue weighted by atomic mass is 79.9. The first-order valence-electron chi connectivity index (χ1n) is 4.23. The van der Waals surface area contributed by atoms with Gasteiger partial charge in [-0.25, -0.2) is 14.8 Å². The van der Waals surface area contributed by atoms with Crippen LogP contribution in [-0.4, -0.2) is 36.3 Å². The number of urea groups is 1. The average molecular weight is 275 g/mol. The first-order chi connectivity index (χ1) is 7.22. The SMILES string of the molecule is COCCNC(=O)Nc1ncc(Br)cn1. The second-order valence-electron chi connectivity index (χ2n) is 2.60. The summed E-state index contributed by atoms with van der Waals surface area (Å²) in [6, 6.07) is -0.352. The van der Waals surface area contributed by atoms with Crippen LogP contribution in [0.5, 0.6) is 0 Å². The van der Waals surface area contributed by atoms with Crippen LogP contribution in [0.3, 0.4) is 0 Å². The molecule has 82 valence electrons. The normalized spacial score (nSPS) is 9.73. The van der Waals surface area contributed by atoms with E-state index in [1.54, 1.807) is 19.5 Å². The zero-order valence-electron chi connectivity index (χ0n) is 8.16. The lowest BCUT2D eigenvalue weighted by Gasteiger charge is -2.05. The average Bonchev–Trinajstić information content (AvgIpc) is 2.22. The third-order valence-electron chi connectivity index (χ3n) is 1.44. The summed E-state index contributed by atoms with van der Waals surface area (Å²) in [5, 5.41) is 5.06. The first kappa shape index (κ1) is 11.9. The number of aromatic nitrogens is 2. The van der Waals surface area contributed by atoms with Crippen LogP contribution in [-0.2, 0) is 4.74 Å². The lowest BCUT2D eigenvalue weighted by Crippen LogP contribution is -2.31. The molecule has 0 fully saturated rings. The molecule has 15 heavy (non-hydrogen) atoms. The van der Waals surface area contributed by atoms with E-state index in [-0.39, 0.29) is 12.0 Å². The number of carbonyl (C=O) groups excluding carboxylic acids is 1. The molecular formula is C8H11BrN4O2. The van der Waals surface area contributed by atoms with E-state index < -0.39 is 0 Å². The van der Waals surface area contributed by atoms with Crippen molar-refractivity contribution >= 4 is 27.9 Å². The topological polar surface area (TPSA) is 76.1 Å². The van der Waals surface area contributed by atoms with Crippen molar-refractivity contribution in [1.82, 2.24) is 15.3 Å². The predicted molar refractivity (Wildman–Crippen MR) is 58.6 cm³/mol. The zero-order chi connectivity index (χ0) is 11.1. The van der Waals surface area contributed by atoms with E-state index in [9.17, 15) is 4.79 Å². The molecule has 0 atom stereocenters. The molecule has 1 aromatic rings. The van der Waals surface area contributed by atoms with Crippen LogP contribution in [0, 0.1) is 0 Å². The van der Waals surface area contributed by atoms with Crippen molar-refractivity contribution < 1.29 is 9.53 Å². The minimum absolute atomic E-state index is 0.258. The molecule has 0 aliphatic rings. The molecule has 1 rings (SSSR count). The standard InChI is InChI=1S/C8H11BrN4O2/c1-15-3-2-10-8(14)13-7-11-4-6(9)5-12-7/h4-5H,2-3H2,1H3,(H2,10,11,12,13,14). The molecule has 7 heteroatoms. The summed E-state index contributed by atoms with van der Waals surface area (Å²) < 4.78 is 5.54. The van der Waals surface area contributed by atoms with Crippen molar-refractivity contribution in [1.29, 1.82) is 0 Å². The zero-order valence-corrected chi connectivity index (χ0v) is 9.74. The summed E-state index contributed by atoms with van der Waals surface area (Å²) in [5.41, 5.74) is 0. The number of rotatable bonds is 4. The predicted octanol–water partition coefficient (Wildman–Crippen LogP) is 1.01. The van der Waals surface area contributed by atoms with Gasteiger partial charge in [0.25, 0.3) is 0 Å². The Kier molecular flexibility index (Phi) is 4.99. The van der Waals surface area contributed by atoms with Gasteiger partial charge < -0.3 is 10.1 Å². The Morgan fingerprint density at radius 2 is 2.20 bits per heavy atom. The van der Waals surface area contributed by atoms with Gasteiger partial charge in [0.2, 0.25) is 5.95 Å². The Morgan fingerprint density at radius 1 is 1.53 bits per heavy atom. The fourth-order valence-corrected chi connectivity index (χ4v) is 0.994. The van der Waals surface area contributed by atoms with Gasteiger partial charge in [-0.1, -0.05) is 0 Å². The van der Waals surface area contributed by atoms with Gasteiger partial charge in [-0.3, -0.25) is 5.32 Å². The Labute approximate surface area is 95.6 Å². The van der Waals surface area contributed by atoms with Crippen molar-refractivity contribution in [3.63, 3.8) is 0 Å². The van der Waals surface area contributed by atoms with Crippen molar-refractivity contribution in [2.75, 3.05) is 25.6 Å². The number of carbonyl (C=O) groups is 1. The number of nitrogens with zero attached hydrogens (tertiary/aromatic N) is 2. The lowest BCUT2D eigenvalue weighted by atomic mass is 10.6. The van der Waals surface area contributed by atoms with Crippen LogP contribution in [0.4, 0.5) is 10.7 Å². The van der Waals surface area contributed by atoms with Gasteiger partial charge in [-0.05, 0) is 15.9 Å². The monoisotopic (exact) mass is 274 g/mol. The number of halogens is 1. The molecule has 0 aromatic carbocycles. The quantitative estimate of drug-likeness (QED) is 0.804. The number of anilines is 1. The number of hydrogen-bond donors (Lipinski definition) is 2.